The van der Waals surface area contributed by atoms with Crippen molar-refractivity contribution in [3.05, 3.63) is 24.0 Å². The summed E-state index contributed by atoms with van der Waals surface area (Å²) >= 11 is 0. The second-order valence-electron chi connectivity index (χ2n) is 7.22. The van der Waals surface area contributed by atoms with Crippen LogP contribution in [0.3, 0.4) is 0 Å². The molecule has 142 valence electrons. The van der Waals surface area contributed by atoms with Gasteiger partial charge in [0.2, 0.25) is 0 Å². The molecular formula is C19H28N4O3. The first kappa shape index (κ1) is 17.7. The second kappa shape index (κ2) is 7.50. The topological polar surface area (TPSA) is 58.1 Å². The number of aromatic nitrogens is 1. The average molecular weight is 360 g/mol. The molecule has 3 fully saturated rings. The highest BCUT2D eigenvalue weighted by Crippen LogP contribution is 2.31. The molecule has 4 rings (SSSR count). The Morgan fingerprint density at radius 2 is 1.77 bits per heavy atom. The molecule has 0 N–H and O–H groups in total. The number of rotatable bonds is 3. The minimum atomic E-state index is -0.450. The lowest BCUT2D eigenvalue weighted by atomic mass is 10.0. The highest BCUT2D eigenvalue weighted by Gasteiger charge is 2.41. The first-order chi connectivity index (χ1) is 12.7. The molecule has 1 aromatic heterocycles. The lowest BCUT2D eigenvalue weighted by molar-refractivity contribution is -0.181. The van der Waals surface area contributed by atoms with E-state index in [2.05, 4.69) is 21.7 Å². The van der Waals surface area contributed by atoms with Crippen molar-refractivity contribution in [1.82, 2.24) is 14.8 Å². The van der Waals surface area contributed by atoms with E-state index in [-0.39, 0.29) is 5.91 Å². The van der Waals surface area contributed by atoms with Gasteiger partial charge in [0, 0.05) is 52.1 Å². The molecule has 3 saturated heterocycles. The van der Waals surface area contributed by atoms with Crippen molar-refractivity contribution in [2.75, 3.05) is 63.9 Å². The Balaban J connectivity index is 1.34. The van der Waals surface area contributed by atoms with Gasteiger partial charge in [-0.15, -0.1) is 0 Å². The van der Waals surface area contributed by atoms with Gasteiger partial charge in [0.1, 0.15) is 5.69 Å². The molecule has 26 heavy (non-hydrogen) atoms. The van der Waals surface area contributed by atoms with Crippen LogP contribution in [0.25, 0.3) is 0 Å². The van der Waals surface area contributed by atoms with Gasteiger partial charge in [-0.3, -0.25) is 4.79 Å². The molecule has 0 saturated carbocycles. The predicted molar refractivity (Wildman–Crippen MR) is 98.3 cm³/mol. The number of hydrogen-bond donors (Lipinski definition) is 0. The number of nitrogens with zero attached hydrogens (tertiary/aromatic N) is 4. The Labute approximate surface area is 154 Å². The number of ether oxygens (including phenoxy) is 2. The van der Waals surface area contributed by atoms with Crippen LogP contribution in [0.15, 0.2) is 18.3 Å². The highest BCUT2D eigenvalue weighted by molar-refractivity contribution is 5.92. The molecule has 4 heterocycles. The Morgan fingerprint density at radius 1 is 1.08 bits per heavy atom. The molecule has 0 unspecified atom stereocenters. The van der Waals surface area contributed by atoms with Crippen LogP contribution in [0.2, 0.25) is 0 Å². The maximum Gasteiger partial charge on any atom is 0.272 e. The van der Waals surface area contributed by atoms with E-state index in [0.717, 1.165) is 51.3 Å². The van der Waals surface area contributed by atoms with E-state index in [0.29, 0.717) is 32.0 Å². The van der Waals surface area contributed by atoms with E-state index in [1.54, 1.807) is 0 Å². The summed E-state index contributed by atoms with van der Waals surface area (Å²) in [5.41, 5.74) is 1.62. The molecule has 1 aromatic rings. The van der Waals surface area contributed by atoms with Crippen molar-refractivity contribution in [3.8, 4) is 0 Å². The minimum absolute atomic E-state index is 0.000184. The third kappa shape index (κ3) is 3.56. The number of likely N-dealkylation sites (tertiary alicyclic amines) is 1. The summed E-state index contributed by atoms with van der Waals surface area (Å²) in [7, 11) is 0. The van der Waals surface area contributed by atoms with E-state index in [1.807, 2.05) is 23.2 Å². The molecule has 0 radical (unpaired) electrons. The van der Waals surface area contributed by atoms with Gasteiger partial charge in [-0.25, -0.2) is 4.98 Å². The zero-order valence-corrected chi connectivity index (χ0v) is 15.5. The van der Waals surface area contributed by atoms with Crippen LogP contribution in [-0.4, -0.2) is 85.5 Å². The summed E-state index contributed by atoms with van der Waals surface area (Å²) < 4.78 is 11.5. The van der Waals surface area contributed by atoms with Gasteiger partial charge in [-0.1, -0.05) is 6.92 Å². The monoisotopic (exact) mass is 360 g/mol. The second-order valence-corrected chi connectivity index (χ2v) is 7.22. The van der Waals surface area contributed by atoms with Crippen LogP contribution in [-0.2, 0) is 9.47 Å². The van der Waals surface area contributed by atoms with Crippen molar-refractivity contribution < 1.29 is 14.3 Å². The number of anilines is 1. The largest absolute Gasteiger partial charge is 0.368 e. The molecule has 1 amide bonds. The van der Waals surface area contributed by atoms with E-state index < -0.39 is 5.79 Å². The van der Waals surface area contributed by atoms with Gasteiger partial charge in [0.25, 0.3) is 5.91 Å². The van der Waals surface area contributed by atoms with Crippen LogP contribution in [0.5, 0.6) is 0 Å². The lowest BCUT2D eigenvalue weighted by Crippen LogP contribution is -2.47. The van der Waals surface area contributed by atoms with Gasteiger partial charge in [-0.2, -0.15) is 0 Å². The van der Waals surface area contributed by atoms with Crippen LogP contribution in [0.1, 0.15) is 30.3 Å². The minimum Gasteiger partial charge on any atom is -0.368 e. The molecule has 3 aliphatic rings. The van der Waals surface area contributed by atoms with E-state index in [1.165, 1.54) is 0 Å². The van der Waals surface area contributed by atoms with Crippen molar-refractivity contribution in [2.45, 2.75) is 25.6 Å². The Bertz CT molecular complexity index is 612. The molecule has 0 aromatic carbocycles. The molecule has 3 aliphatic heterocycles. The van der Waals surface area contributed by atoms with Crippen molar-refractivity contribution in [1.29, 1.82) is 0 Å². The Kier molecular flexibility index (Phi) is 5.11. The van der Waals surface area contributed by atoms with Crippen LogP contribution >= 0.6 is 0 Å². The van der Waals surface area contributed by atoms with Gasteiger partial charge in [0.15, 0.2) is 5.79 Å². The SMILES string of the molecule is CCN1CCN(c2ccc(C(=O)N3CCC4(CC3)OCCO4)nc2)CC1. The van der Waals surface area contributed by atoms with Gasteiger partial charge < -0.3 is 24.2 Å². The maximum atomic E-state index is 12.7. The number of carbonyl (C=O) groups is 1. The maximum absolute atomic E-state index is 12.7. The molecule has 0 bridgehead atoms. The predicted octanol–water partition coefficient (Wildman–Crippen LogP) is 1.20. The number of pyridine rings is 1. The van der Waals surface area contributed by atoms with Crippen molar-refractivity contribution in [2.24, 2.45) is 0 Å². The fraction of sp³-hybridized carbons (Fsp3) is 0.684. The smallest absolute Gasteiger partial charge is 0.272 e. The summed E-state index contributed by atoms with van der Waals surface area (Å²) in [5, 5.41) is 0. The fourth-order valence-corrected chi connectivity index (χ4v) is 4.02. The van der Waals surface area contributed by atoms with Gasteiger partial charge in [0.05, 0.1) is 25.1 Å². The van der Waals surface area contributed by atoms with Crippen molar-refractivity contribution >= 4 is 11.6 Å². The van der Waals surface area contributed by atoms with Crippen LogP contribution in [0.4, 0.5) is 5.69 Å². The first-order valence-corrected chi connectivity index (χ1v) is 9.70. The van der Waals surface area contributed by atoms with Crippen LogP contribution < -0.4 is 4.90 Å². The fourth-order valence-electron chi connectivity index (χ4n) is 4.02. The number of piperidine rings is 1. The summed E-state index contributed by atoms with van der Waals surface area (Å²) in [6.07, 6.45) is 3.31. The Hall–Kier alpha value is -1.70. The summed E-state index contributed by atoms with van der Waals surface area (Å²) in [6, 6.07) is 3.88. The summed E-state index contributed by atoms with van der Waals surface area (Å²) in [5.74, 6) is -0.450. The molecule has 1 spiro atoms. The van der Waals surface area contributed by atoms with Gasteiger partial charge >= 0.3 is 0 Å². The van der Waals surface area contributed by atoms with Crippen LogP contribution in [0, 0.1) is 0 Å². The Morgan fingerprint density at radius 3 is 2.35 bits per heavy atom. The average Bonchev–Trinajstić information content (AvgIpc) is 3.16. The lowest BCUT2D eigenvalue weighted by Gasteiger charge is -2.37. The summed E-state index contributed by atoms with van der Waals surface area (Å²) in [4.78, 5) is 23.8. The van der Waals surface area contributed by atoms with E-state index >= 15 is 0 Å². The highest BCUT2D eigenvalue weighted by atomic mass is 16.7. The zero-order valence-electron chi connectivity index (χ0n) is 15.5. The molecular weight excluding hydrogens is 332 g/mol. The standard InChI is InChI=1S/C19H28N4O3/c1-2-21-9-11-22(12-10-21)16-3-4-17(20-15-16)18(24)23-7-5-19(6-8-23)25-13-14-26-19/h3-4,15H,2,5-14H2,1H3. The van der Waals surface area contributed by atoms with Gasteiger partial charge in [-0.05, 0) is 18.7 Å². The quantitative estimate of drug-likeness (QED) is 0.807. The first-order valence-electron chi connectivity index (χ1n) is 9.70. The molecule has 0 atom stereocenters. The van der Waals surface area contributed by atoms with E-state index in [4.69, 9.17) is 9.47 Å². The van der Waals surface area contributed by atoms with Crippen molar-refractivity contribution in [3.63, 3.8) is 0 Å². The molecule has 0 aliphatic carbocycles. The molecule has 7 heteroatoms. The number of hydrogen-bond acceptors (Lipinski definition) is 6. The number of piperazine rings is 1. The third-order valence-electron chi connectivity index (χ3n) is 5.78. The molecule has 7 nitrogen and oxygen atoms in total. The normalized spacial score (nSPS) is 23.6. The zero-order chi connectivity index (χ0) is 18.0. The number of carbonyl (C=O) groups excluding carboxylic acids is 1. The number of likely N-dealkylation sites (N-methyl/N-ethyl adjacent to an activating group) is 1. The number of amides is 1. The van der Waals surface area contributed by atoms with E-state index in [9.17, 15) is 4.79 Å². The summed E-state index contributed by atoms with van der Waals surface area (Å²) in [6.45, 7) is 10.1. The third-order valence-corrected chi connectivity index (χ3v) is 5.78.